The summed E-state index contributed by atoms with van der Waals surface area (Å²) in [6.45, 7) is 34.6. The van der Waals surface area contributed by atoms with Gasteiger partial charge in [0.05, 0.1) is 22.2 Å². The molecule has 12 aromatic rings. The van der Waals surface area contributed by atoms with Gasteiger partial charge in [-0.05, 0) is 157 Å². The fourth-order valence-electron chi connectivity index (χ4n) is 11.8. The van der Waals surface area contributed by atoms with E-state index in [9.17, 15) is 0 Å². The molecule has 3 aromatic heterocycles. The zero-order valence-electron chi connectivity index (χ0n) is 47.4. The van der Waals surface area contributed by atoms with Gasteiger partial charge in [0.15, 0.2) is 0 Å². The molecule has 0 aliphatic heterocycles. The topological polar surface area (TPSA) is 10.9 Å². The van der Waals surface area contributed by atoms with Gasteiger partial charge in [0.2, 0.25) is 0 Å². The number of thiophene rings is 1. The molecule has 0 fully saturated rings. The lowest BCUT2D eigenvalue weighted by Gasteiger charge is -2.29. The highest BCUT2D eigenvalue weighted by Crippen LogP contribution is 2.51. The first kappa shape index (κ1) is 49.7. The molecule has 0 bridgehead atoms. The van der Waals surface area contributed by atoms with Gasteiger partial charge in [-0.1, -0.05) is 183 Å². The van der Waals surface area contributed by atoms with Crippen LogP contribution in [-0.2, 0) is 27.1 Å². The van der Waals surface area contributed by atoms with Crippen LogP contribution >= 0.6 is 11.3 Å². The number of rotatable bonds is 6. The maximum absolute atomic E-state index is 2.58. The van der Waals surface area contributed by atoms with Gasteiger partial charge < -0.3 is 14.2 Å². The number of hydrogen-bond donors (Lipinski definition) is 0. The summed E-state index contributed by atoms with van der Waals surface area (Å²) in [5, 5.41) is 10.4. The van der Waals surface area contributed by atoms with Crippen LogP contribution in [-0.4, -0.2) is 4.40 Å². The van der Waals surface area contributed by atoms with Gasteiger partial charge in [0.25, 0.3) is 0 Å². The number of nitrogens with zero attached hydrogens (tertiary/aromatic N) is 3. The molecule has 3 heterocycles. The van der Waals surface area contributed by atoms with Crippen LogP contribution in [0.3, 0.4) is 0 Å². The fourth-order valence-corrected chi connectivity index (χ4v) is 13.0. The Labute approximate surface area is 454 Å². The Bertz CT molecular complexity index is 4220. The second kappa shape index (κ2) is 17.2. The number of benzene rings is 9. The maximum Gasteiger partial charge on any atom is 0.0641 e. The average molecular weight is 1010 g/mol. The lowest BCUT2D eigenvalue weighted by atomic mass is 9.86. The van der Waals surface area contributed by atoms with Crippen LogP contribution in [0.4, 0.5) is 34.1 Å². The molecule has 0 N–H and O–H groups in total. The highest BCUT2D eigenvalue weighted by atomic mass is 32.1. The molecular weight excluding hydrogens is 939 g/mol. The molecule has 3 nitrogen and oxygen atoms in total. The van der Waals surface area contributed by atoms with Crippen molar-refractivity contribution in [3.63, 3.8) is 0 Å². The van der Waals surface area contributed by atoms with Crippen LogP contribution in [0.2, 0.25) is 0 Å². The summed E-state index contributed by atoms with van der Waals surface area (Å²) in [5.74, 6) is 0. The largest absolute Gasteiger partial charge is 0.310 e. The first-order valence-corrected chi connectivity index (χ1v) is 28.2. The van der Waals surface area contributed by atoms with Crippen molar-refractivity contribution >= 4 is 115 Å². The first-order valence-electron chi connectivity index (χ1n) is 27.4. The third-order valence-electron chi connectivity index (χ3n) is 16.3. The van der Waals surface area contributed by atoms with Gasteiger partial charge in [-0.25, -0.2) is 0 Å². The molecule has 0 amide bonds. The summed E-state index contributed by atoms with van der Waals surface area (Å²) in [6, 6.07) is 65.7. The molecule has 0 radical (unpaired) electrons. The molecule has 76 heavy (non-hydrogen) atoms. The summed E-state index contributed by atoms with van der Waals surface area (Å²) in [6.07, 6.45) is 0. The van der Waals surface area contributed by atoms with Gasteiger partial charge in [0.1, 0.15) is 0 Å². The highest BCUT2D eigenvalue weighted by molar-refractivity contribution is 7.26. The summed E-state index contributed by atoms with van der Waals surface area (Å²) >= 11 is 1.90. The molecule has 0 atom stereocenters. The minimum absolute atomic E-state index is 0.0143. The summed E-state index contributed by atoms with van der Waals surface area (Å²) in [5.41, 5.74) is 17.4. The van der Waals surface area contributed by atoms with Crippen LogP contribution in [0.1, 0.15) is 132 Å². The Morgan fingerprint density at radius 3 is 1.33 bits per heavy atom. The van der Waals surface area contributed by atoms with Crippen molar-refractivity contribution in [2.75, 3.05) is 9.80 Å². The molecule has 0 aliphatic carbocycles. The van der Waals surface area contributed by atoms with Crippen LogP contribution in [0.15, 0.2) is 170 Å². The van der Waals surface area contributed by atoms with E-state index < -0.39 is 0 Å². The van der Waals surface area contributed by atoms with Gasteiger partial charge in [-0.15, -0.1) is 11.3 Å². The van der Waals surface area contributed by atoms with Gasteiger partial charge in [0, 0.05) is 70.2 Å². The highest BCUT2D eigenvalue weighted by Gasteiger charge is 2.29. The Hall–Kier alpha value is -7.14. The summed E-state index contributed by atoms with van der Waals surface area (Å²) in [4.78, 5) is 4.96. The van der Waals surface area contributed by atoms with Crippen molar-refractivity contribution in [3.8, 4) is 0 Å². The molecule has 12 rings (SSSR count). The minimum atomic E-state index is -0.0229. The van der Waals surface area contributed by atoms with E-state index >= 15 is 0 Å². The zero-order chi connectivity index (χ0) is 53.6. The molecule has 9 aromatic carbocycles. The van der Waals surface area contributed by atoms with E-state index in [2.05, 4.69) is 288 Å². The molecule has 0 saturated heterocycles. The maximum atomic E-state index is 2.58. The Kier molecular flexibility index (Phi) is 11.2. The number of hydrogen-bond acceptors (Lipinski definition) is 3. The van der Waals surface area contributed by atoms with Crippen molar-refractivity contribution in [1.29, 1.82) is 0 Å². The fraction of sp³-hybridized carbons (Fsp3) is 0.278. The van der Waals surface area contributed by atoms with E-state index in [1.807, 2.05) is 11.3 Å². The third-order valence-corrected chi connectivity index (χ3v) is 17.4. The number of anilines is 6. The van der Waals surface area contributed by atoms with E-state index in [1.54, 1.807) is 0 Å². The molecule has 0 aliphatic rings. The molecule has 0 unspecified atom stereocenters. The van der Waals surface area contributed by atoms with Gasteiger partial charge in [-0.2, -0.15) is 0 Å². The van der Waals surface area contributed by atoms with Crippen LogP contribution < -0.4 is 9.80 Å². The minimum Gasteiger partial charge on any atom is -0.310 e. The Morgan fingerprint density at radius 1 is 0.303 bits per heavy atom. The van der Waals surface area contributed by atoms with Gasteiger partial charge >= 0.3 is 0 Å². The monoisotopic (exact) mass is 1010 g/mol. The third kappa shape index (κ3) is 8.22. The quantitative estimate of drug-likeness (QED) is 0.164. The van der Waals surface area contributed by atoms with Gasteiger partial charge in [-0.3, -0.25) is 0 Å². The predicted octanol–water partition coefficient (Wildman–Crippen LogP) is 21.8. The summed E-state index contributed by atoms with van der Waals surface area (Å²) in [7, 11) is 0. The molecule has 4 heteroatoms. The molecular formula is C72H73N3S. The number of aromatic nitrogens is 1. The first-order chi connectivity index (χ1) is 35.8. The smallest absolute Gasteiger partial charge is 0.0641 e. The van der Waals surface area contributed by atoms with E-state index in [0.717, 1.165) is 22.7 Å². The molecule has 0 saturated carbocycles. The van der Waals surface area contributed by atoms with Crippen molar-refractivity contribution in [2.24, 2.45) is 0 Å². The SMILES string of the molecule is CC(C)(C)c1ccc(N(c2cccc(C(C)(C)C)c2)c2ccc3c(c2)sc2ccc4c(ccc5c4c4ccc(N(c6ccc(C(C)(C)C)cc6)c6cccc(C(C)(C)C)c6)c6c7cc(C(C)(C)C)ccc7n5c46)c23)cc1. The van der Waals surface area contributed by atoms with E-state index in [4.69, 9.17) is 0 Å². The van der Waals surface area contributed by atoms with E-state index in [0.29, 0.717) is 0 Å². The Morgan fingerprint density at radius 2 is 0.750 bits per heavy atom. The summed E-state index contributed by atoms with van der Waals surface area (Å²) < 4.78 is 5.17. The van der Waals surface area contributed by atoms with E-state index in [1.165, 1.54) is 108 Å². The second-order valence-electron chi connectivity index (χ2n) is 26.8. The molecule has 0 spiro atoms. The van der Waals surface area contributed by atoms with Crippen molar-refractivity contribution in [1.82, 2.24) is 4.40 Å². The zero-order valence-corrected chi connectivity index (χ0v) is 48.2. The van der Waals surface area contributed by atoms with Crippen LogP contribution in [0.25, 0.3) is 69.0 Å². The number of fused-ring (bicyclic) bond motifs is 12. The van der Waals surface area contributed by atoms with Crippen molar-refractivity contribution < 1.29 is 0 Å². The normalized spacial score (nSPS) is 13.2. The molecule has 382 valence electrons. The standard InChI is InChI=1S/C72H73N3S/c1-68(2,3)44-22-27-49(28-23-44)73(51-20-16-18-46(40-51)70(7,8)9)53-31-32-56-63(43-53)76-62-39-35-54-55(65(56)62)33-37-60-64(54)57-34-38-61(66-58-42-48(72(13,14)15)26-36-59(58)75(60)67(57)66)74(50-29-24-45(25-30-50)69(4,5)6)52-21-17-19-47(41-52)71(10,11)12/h16-43H,1-15H3. The predicted molar refractivity (Wildman–Crippen MR) is 334 cm³/mol. The van der Waals surface area contributed by atoms with Crippen molar-refractivity contribution in [2.45, 2.75) is 131 Å². The average Bonchev–Trinajstić information content (AvgIpc) is 4.22. The second-order valence-corrected chi connectivity index (χ2v) is 27.9. The van der Waals surface area contributed by atoms with Crippen molar-refractivity contribution in [3.05, 3.63) is 198 Å². The van der Waals surface area contributed by atoms with Crippen LogP contribution in [0, 0.1) is 0 Å². The lowest BCUT2D eigenvalue weighted by molar-refractivity contribution is 0.590. The van der Waals surface area contributed by atoms with Crippen LogP contribution in [0.5, 0.6) is 0 Å². The lowest BCUT2D eigenvalue weighted by Crippen LogP contribution is -2.15. The Balaban J connectivity index is 1.09. The van der Waals surface area contributed by atoms with E-state index in [-0.39, 0.29) is 27.1 Å².